The van der Waals surface area contributed by atoms with Gasteiger partial charge in [-0.3, -0.25) is 25.0 Å². The van der Waals surface area contributed by atoms with E-state index in [4.69, 9.17) is 0 Å². The Labute approximate surface area is 91.4 Å². The number of anilines is 1. The molecular formula is C9H11N5O2. The van der Waals surface area contributed by atoms with Gasteiger partial charge in [-0.1, -0.05) is 0 Å². The van der Waals surface area contributed by atoms with Gasteiger partial charge in [0, 0.05) is 19.5 Å². The van der Waals surface area contributed by atoms with Crippen LogP contribution >= 0.6 is 0 Å². The van der Waals surface area contributed by atoms with Crippen molar-refractivity contribution < 1.29 is 9.59 Å². The van der Waals surface area contributed by atoms with Crippen molar-refractivity contribution in [1.82, 2.24) is 20.4 Å². The quantitative estimate of drug-likeness (QED) is 0.663. The topological polar surface area (TPSA) is 79.3 Å². The number of aromatic nitrogens is 2. The maximum atomic E-state index is 11.6. The van der Waals surface area contributed by atoms with Crippen molar-refractivity contribution in [3.63, 3.8) is 0 Å². The number of carbonyl (C=O) groups is 2. The molecule has 2 aliphatic heterocycles. The Morgan fingerprint density at radius 2 is 2.25 bits per heavy atom. The summed E-state index contributed by atoms with van der Waals surface area (Å²) in [4.78, 5) is 24.2. The van der Waals surface area contributed by atoms with Crippen LogP contribution in [0, 0.1) is 0 Å². The molecule has 3 amide bonds. The molecule has 3 rings (SSSR count). The number of nitrogens with zero attached hydrogens (tertiary/aromatic N) is 3. The molecule has 1 saturated heterocycles. The maximum Gasteiger partial charge on any atom is 0.328 e. The molecule has 0 unspecified atom stereocenters. The van der Waals surface area contributed by atoms with E-state index in [-0.39, 0.29) is 11.9 Å². The van der Waals surface area contributed by atoms with E-state index in [1.165, 1.54) is 0 Å². The van der Waals surface area contributed by atoms with E-state index in [1.807, 2.05) is 4.68 Å². The van der Waals surface area contributed by atoms with Gasteiger partial charge in [-0.25, -0.2) is 4.79 Å². The van der Waals surface area contributed by atoms with Crippen LogP contribution in [-0.4, -0.2) is 28.3 Å². The second-order valence-corrected chi connectivity index (χ2v) is 3.82. The zero-order valence-corrected chi connectivity index (χ0v) is 8.56. The summed E-state index contributed by atoms with van der Waals surface area (Å²) in [5.74, 6) is -0.219. The van der Waals surface area contributed by atoms with Gasteiger partial charge in [-0.2, -0.15) is 5.10 Å². The second-order valence-electron chi connectivity index (χ2n) is 3.82. The number of imide groups is 1. The van der Waals surface area contributed by atoms with E-state index in [0.29, 0.717) is 26.2 Å². The lowest BCUT2D eigenvalue weighted by atomic mass is 10.2. The minimum atomic E-state index is -0.362. The highest BCUT2D eigenvalue weighted by Gasteiger charge is 2.28. The van der Waals surface area contributed by atoms with Crippen LogP contribution in [0.2, 0.25) is 0 Å². The lowest BCUT2D eigenvalue weighted by molar-refractivity contribution is -0.120. The number of fused-ring (bicyclic) bond motifs is 1. The fourth-order valence-corrected chi connectivity index (χ4v) is 2.02. The van der Waals surface area contributed by atoms with E-state index in [2.05, 4.69) is 15.7 Å². The molecule has 16 heavy (non-hydrogen) atoms. The van der Waals surface area contributed by atoms with Crippen LogP contribution in [0.25, 0.3) is 0 Å². The summed E-state index contributed by atoms with van der Waals surface area (Å²) >= 11 is 0. The van der Waals surface area contributed by atoms with E-state index in [9.17, 15) is 9.59 Å². The molecule has 0 spiro atoms. The molecule has 2 N–H and O–H groups in total. The molecule has 1 fully saturated rings. The number of urea groups is 1. The largest absolute Gasteiger partial charge is 0.328 e. The Balaban J connectivity index is 1.92. The fourth-order valence-electron chi connectivity index (χ4n) is 2.02. The van der Waals surface area contributed by atoms with Gasteiger partial charge in [-0.05, 0) is 0 Å². The van der Waals surface area contributed by atoms with Gasteiger partial charge in [0.1, 0.15) is 0 Å². The zero-order valence-electron chi connectivity index (χ0n) is 8.56. The van der Waals surface area contributed by atoms with Crippen LogP contribution in [0.4, 0.5) is 10.5 Å². The number of carbonyl (C=O) groups excluding carboxylic acids is 2. The molecule has 3 heterocycles. The Morgan fingerprint density at radius 3 is 3.06 bits per heavy atom. The lowest BCUT2D eigenvalue weighted by Crippen LogP contribution is -2.49. The first-order chi connectivity index (χ1) is 7.75. The van der Waals surface area contributed by atoms with Gasteiger partial charge >= 0.3 is 6.03 Å². The van der Waals surface area contributed by atoms with Crippen LogP contribution in [0.15, 0.2) is 6.20 Å². The smallest absolute Gasteiger partial charge is 0.292 e. The van der Waals surface area contributed by atoms with Crippen molar-refractivity contribution in [3.05, 3.63) is 11.9 Å². The third-order valence-electron chi connectivity index (χ3n) is 2.83. The van der Waals surface area contributed by atoms with Crippen molar-refractivity contribution >= 4 is 17.6 Å². The number of rotatable bonds is 1. The zero-order chi connectivity index (χ0) is 11.1. The molecule has 0 aliphatic carbocycles. The SMILES string of the molecule is O=C1CCN(c2cnn3c2CNC3)C(=O)N1. The Morgan fingerprint density at radius 1 is 1.38 bits per heavy atom. The summed E-state index contributed by atoms with van der Waals surface area (Å²) < 4.78 is 1.82. The molecule has 1 aromatic heterocycles. The molecule has 84 valence electrons. The predicted molar refractivity (Wildman–Crippen MR) is 54.6 cm³/mol. The highest BCUT2D eigenvalue weighted by Crippen LogP contribution is 2.24. The third-order valence-corrected chi connectivity index (χ3v) is 2.83. The second kappa shape index (κ2) is 3.31. The Kier molecular flexibility index (Phi) is 1.93. The fraction of sp³-hybridized carbons (Fsp3) is 0.444. The summed E-state index contributed by atoms with van der Waals surface area (Å²) in [5, 5.41) is 9.62. The summed E-state index contributed by atoms with van der Waals surface area (Å²) in [5.41, 5.74) is 1.78. The molecule has 0 radical (unpaired) electrons. The lowest BCUT2D eigenvalue weighted by Gasteiger charge is -2.25. The van der Waals surface area contributed by atoms with Crippen molar-refractivity contribution in [1.29, 1.82) is 0 Å². The summed E-state index contributed by atoms with van der Waals surface area (Å²) in [7, 11) is 0. The maximum absolute atomic E-state index is 11.6. The minimum absolute atomic E-state index is 0.219. The summed E-state index contributed by atoms with van der Waals surface area (Å²) in [6, 6.07) is -0.362. The number of hydrogen-bond acceptors (Lipinski definition) is 4. The monoisotopic (exact) mass is 221 g/mol. The van der Waals surface area contributed by atoms with E-state index >= 15 is 0 Å². The van der Waals surface area contributed by atoms with Crippen molar-refractivity contribution in [2.75, 3.05) is 11.4 Å². The molecule has 0 saturated carbocycles. The molecule has 0 bridgehead atoms. The summed E-state index contributed by atoms with van der Waals surface area (Å²) in [6.45, 7) is 1.79. The predicted octanol–water partition coefficient (Wildman–Crippen LogP) is -0.610. The van der Waals surface area contributed by atoms with Gasteiger partial charge in [0.2, 0.25) is 5.91 Å². The van der Waals surface area contributed by atoms with Crippen molar-refractivity contribution in [3.8, 4) is 0 Å². The van der Waals surface area contributed by atoms with Crippen LogP contribution in [0.1, 0.15) is 12.1 Å². The Bertz CT molecular complexity index is 466. The summed E-state index contributed by atoms with van der Waals surface area (Å²) in [6.07, 6.45) is 2.01. The van der Waals surface area contributed by atoms with Gasteiger partial charge < -0.3 is 0 Å². The molecule has 1 aromatic rings. The number of amides is 3. The van der Waals surface area contributed by atoms with E-state index in [0.717, 1.165) is 11.4 Å². The van der Waals surface area contributed by atoms with Crippen LogP contribution in [0.3, 0.4) is 0 Å². The normalized spacial score (nSPS) is 19.9. The standard InChI is InChI=1S/C9H11N5O2/c15-8-1-2-13(9(16)12-8)6-4-11-14-5-10-3-7(6)14/h4,10H,1-3,5H2,(H,12,15,16). The minimum Gasteiger partial charge on any atom is -0.292 e. The number of hydrogen-bond donors (Lipinski definition) is 2. The van der Waals surface area contributed by atoms with Gasteiger partial charge in [-0.15, -0.1) is 0 Å². The first-order valence-corrected chi connectivity index (χ1v) is 5.12. The molecule has 7 heteroatoms. The van der Waals surface area contributed by atoms with E-state index < -0.39 is 0 Å². The third kappa shape index (κ3) is 1.28. The molecule has 0 aromatic carbocycles. The molecule has 7 nitrogen and oxygen atoms in total. The van der Waals surface area contributed by atoms with E-state index in [1.54, 1.807) is 11.1 Å². The average molecular weight is 221 g/mol. The first-order valence-electron chi connectivity index (χ1n) is 5.12. The van der Waals surface area contributed by atoms with Crippen molar-refractivity contribution in [2.45, 2.75) is 19.6 Å². The average Bonchev–Trinajstić information content (AvgIpc) is 2.80. The highest BCUT2D eigenvalue weighted by atomic mass is 16.2. The van der Waals surface area contributed by atoms with Gasteiger partial charge in [0.05, 0.1) is 24.2 Å². The van der Waals surface area contributed by atoms with Crippen LogP contribution in [-0.2, 0) is 18.0 Å². The highest BCUT2D eigenvalue weighted by molar-refractivity contribution is 6.05. The van der Waals surface area contributed by atoms with Gasteiger partial charge in [0.15, 0.2) is 0 Å². The van der Waals surface area contributed by atoms with Crippen molar-refractivity contribution in [2.24, 2.45) is 0 Å². The van der Waals surface area contributed by atoms with Crippen LogP contribution < -0.4 is 15.5 Å². The number of nitrogens with one attached hydrogen (secondary N) is 2. The Hall–Kier alpha value is -1.89. The van der Waals surface area contributed by atoms with Crippen LogP contribution in [0.5, 0.6) is 0 Å². The molecule has 2 aliphatic rings. The van der Waals surface area contributed by atoms with Gasteiger partial charge in [0.25, 0.3) is 0 Å². The molecule has 0 atom stereocenters. The first kappa shape index (κ1) is 9.34. The molecular weight excluding hydrogens is 210 g/mol.